The predicted molar refractivity (Wildman–Crippen MR) is 58.8 cm³/mol. The number of nitro benzene ring substituents is 1. The molecular weight excluding hydrogens is 212 g/mol. The van der Waals surface area contributed by atoms with Gasteiger partial charge in [0.05, 0.1) is 4.92 Å². The van der Waals surface area contributed by atoms with Crippen LogP contribution in [0.4, 0.5) is 11.4 Å². The Bertz CT molecular complexity index is 417. The van der Waals surface area contributed by atoms with Crippen LogP contribution in [-0.4, -0.2) is 22.5 Å². The smallest absolute Gasteiger partial charge is 0.342 e. The van der Waals surface area contributed by atoms with E-state index in [1.54, 1.807) is 0 Å². The lowest BCUT2D eigenvalue weighted by atomic mass is 10.1. The quantitative estimate of drug-likeness (QED) is 0.590. The maximum absolute atomic E-state index is 10.7. The van der Waals surface area contributed by atoms with Gasteiger partial charge in [-0.25, -0.2) is 4.79 Å². The van der Waals surface area contributed by atoms with Gasteiger partial charge in [-0.15, -0.1) is 0 Å². The average molecular weight is 224 g/mol. The van der Waals surface area contributed by atoms with E-state index >= 15 is 0 Å². The van der Waals surface area contributed by atoms with E-state index < -0.39 is 16.6 Å². The molecule has 1 aromatic carbocycles. The second-order valence-electron chi connectivity index (χ2n) is 3.22. The monoisotopic (exact) mass is 224 g/mol. The summed E-state index contributed by atoms with van der Waals surface area (Å²) in [7, 11) is 0. The fourth-order valence-electron chi connectivity index (χ4n) is 1.24. The fourth-order valence-corrected chi connectivity index (χ4v) is 1.24. The molecule has 0 heterocycles. The molecule has 16 heavy (non-hydrogen) atoms. The highest BCUT2D eigenvalue weighted by molar-refractivity contribution is 5.93. The van der Waals surface area contributed by atoms with Crippen LogP contribution in [0.1, 0.15) is 23.7 Å². The third kappa shape index (κ3) is 2.69. The summed E-state index contributed by atoms with van der Waals surface area (Å²) < 4.78 is 0. The molecule has 6 nitrogen and oxygen atoms in total. The summed E-state index contributed by atoms with van der Waals surface area (Å²) in [5.41, 5.74) is -0.140. The molecule has 86 valence electrons. The predicted octanol–water partition coefficient (Wildman–Crippen LogP) is 2.11. The Kier molecular flexibility index (Phi) is 3.82. The minimum atomic E-state index is -1.30. The maximum atomic E-state index is 10.7. The van der Waals surface area contributed by atoms with Crippen molar-refractivity contribution in [2.45, 2.75) is 13.3 Å². The molecule has 0 fully saturated rings. The van der Waals surface area contributed by atoms with Gasteiger partial charge in [0.15, 0.2) is 0 Å². The van der Waals surface area contributed by atoms with Gasteiger partial charge in [0.1, 0.15) is 5.56 Å². The lowest BCUT2D eigenvalue weighted by Gasteiger charge is -2.05. The molecular formula is C10H12N2O4. The standard InChI is InChI=1S/C10H12N2O4/c1-2-5-11-7-3-4-8(10(13)14)9(6-7)12(15)16/h3-4,6,11H,2,5H2,1H3,(H,13,14). The molecule has 0 spiro atoms. The summed E-state index contributed by atoms with van der Waals surface area (Å²) in [6.07, 6.45) is 0.883. The van der Waals surface area contributed by atoms with E-state index in [0.717, 1.165) is 6.42 Å². The summed E-state index contributed by atoms with van der Waals surface area (Å²) in [6, 6.07) is 3.99. The first-order valence-corrected chi connectivity index (χ1v) is 4.82. The molecule has 0 aliphatic heterocycles. The number of rotatable bonds is 5. The number of carbonyl (C=O) groups is 1. The molecule has 1 rings (SSSR count). The Morgan fingerprint density at radius 1 is 1.56 bits per heavy atom. The first kappa shape index (κ1) is 12.0. The van der Waals surface area contributed by atoms with Crippen LogP contribution in [0, 0.1) is 10.1 Å². The number of aromatic carboxylic acids is 1. The van der Waals surface area contributed by atoms with E-state index in [-0.39, 0.29) is 5.56 Å². The largest absolute Gasteiger partial charge is 0.477 e. The minimum Gasteiger partial charge on any atom is -0.477 e. The van der Waals surface area contributed by atoms with Gasteiger partial charge in [-0.2, -0.15) is 0 Å². The van der Waals surface area contributed by atoms with Crippen LogP contribution < -0.4 is 5.32 Å². The van der Waals surface area contributed by atoms with E-state index in [4.69, 9.17) is 5.11 Å². The van der Waals surface area contributed by atoms with Crippen LogP contribution in [0.25, 0.3) is 0 Å². The second-order valence-corrected chi connectivity index (χ2v) is 3.22. The van der Waals surface area contributed by atoms with Crippen molar-refractivity contribution < 1.29 is 14.8 Å². The Morgan fingerprint density at radius 2 is 2.25 bits per heavy atom. The molecule has 0 saturated heterocycles. The SMILES string of the molecule is CCCNc1ccc(C(=O)O)c([N+](=O)[O-])c1. The van der Waals surface area contributed by atoms with Gasteiger partial charge >= 0.3 is 5.97 Å². The van der Waals surface area contributed by atoms with E-state index in [1.807, 2.05) is 6.92 Å². The molecule has 0 aliphatic rings. The van der Waals surface area contributed by atoms with Crippen LogP contribution in [0.15, 0.2) is 18.2 Å². The van der Waals surface area contributed by atoms with Crippen LogP contribution in [-0.2, 0) is 0 Å². The van der Waals surface area contributed by atoms with Crippen molar-refractivity contribution in [3.63, 3.8) is 0 Å². The summed E-state index contributed by atoms with van der Waals surface area (Å²) in [6.45, 7) is 2.65. The molecule has 0 aromatic heterocycles. The number of anilines is 1. The summed E-state index contributed by atoms with van der Waals surface area (Å²) in [5.74, 6) is -1.30. The maximum Gasteiger partial charge on any atom is 0.342 e. The van der Waals surface area contributed by atoms with Crippen LogP contribution in [0.3, 0.4) is 0 Å². The highest BCUT2D eigenvalue weighted by Gasteiger charge is 2.19. The highest BCUT2D eigenvalue weighted by atomic mass is 16.6. The summed E-state index contributed by atoms with van der Waals surface area (Å²) >= 11 is 0. The lowest BCUT2D eigenvalue weighted by molar-refractivity contribution is -0.385. The van der Waals surface area contributed by atoms with Crippen LogP contribution in [0.5, 0.6) is 0 Å². The number of nitro groups is 1. The molecule has 0 bridgehead atoms. The number of nitrogens with one attached hydrogen (secondary N) is 1. The fraction of sp³-hybridized carbons (Fsp3) is 0.300. The van der Waals surface area contributed by atoms with Gasteiger partial charge < -0.3 is 10.4 Å². The Labute approximate surface area is 92.0 Å². The molecule has 0 unspecified atom stereocenters. The Morgan fingerprint density at radius 3 is 2.75 bits per heavy atom. The Hall–Kier alpha value is -2.11. The number of hydrogen-bond donors (Lipinski definition) is 2. The Balaban J connectivity index is 3.07. The topological polar surface area (TPSA) is 92.5 Å². The molecule has 0 aliphatic carbocycles. The van der Waals surface area contributed by atoms with Crippen molar-refractivity contribution >= 4 is 17.3 Å². The third-order valence-electron chi connectivity index (χ3n) is 2.00. The lowest BCUT2D eigenvalue weighted by Crippen LogP contribution is -2.05. The van der Waals surface area contributed by atoms with Crippen molar-refractivity contribution in [3.8, 4) is 0 Å². The number of benzene rings is 1. The zero-order valence-electron chi connectivity index (χ0n) is 8.77. The van der Waals surface area contributed by atoms with Gasteiger partial charge in [-0.1, -0.05) is 6.92 Å². The van der Waals surface area contributed by atoms with E-state index in [0.29, 0.717) is 12.2 Å². The van der Waals surface area contributed by atoms with Crippen molar-refractivity contribution in [2.75, 3.05) is 11.9 Å². The molecule has 0 amide bonds. The van der Waals surface area contributed by atoms with Crippen molar-refractivity contribution in [1.82, 2.24) is 0 Å². The zero-order valence-corrected chi connectivity index (χ0v) is 8.77. The third-order valence-corrected chi connectivity index (χ3v) is 2.00. The first-order chi connectivity index (χ1) is 7.56. The summed E-state index contributed by atoms with van der Waals surface area (Å²) in [4.78, 5) is 20.7. The number of carboxylic acids is 1. The average Bonchev–Trinajstić information content (AvgIpc) is 2.25. The number of nitrogens with zero attached hydrogens (tertiary/aromatic N) is 1. The highest BCUT2D eigenvalue weighted by Crippen LogP contribution is 2.23. The molecule has 2 N–H and O–H groups in total. The zero-order chi connectivity index (χ0) is 12.1. The number of hydrogen-bond acceptors (Lipinski definition) is 4. The van der Waals surface area contributed by atoms with Crippen molar-refractivity contribution in [3.05, 3.63) is 33.9 Å². The van der Waals surface area contributed by atoms with Gasteiger partial charge in [0, 0.05) is 18.3 Å². The van der Waals surface area contributed by atoms with Crippen molar-refractivity contribution in [1.29, 1.82) is 0 Å². The van der Waals surface area contributed by atoms with E-state index in [2.05, 4.69) is 5.32 Å². The molecule has 1 aromatic rings. The van der Waals surface area contributed by atoms with Crippen LogP contribution >= 0.6 is 0 Å². The first-order valence-electron chi connectivity index (χ1n) is 4.82. The van der Waals surface area contributed by atoms with Gasteiger partial charge in [-0.3, -0.25) is 10.1 Å². The molecule has 0 atom stereocenters. The second kappa shape index (κ2) is 5.11. The van der Waals surface area contributed by atoms with Gasteiger partial charge in [0.25, 0.3) is 5.69 Å². The van der Waals surface area contributed by atoms with Gasteiger partial charge in [0.2, 0.25) is 0 Å². The van der Waals surface area contributed by atoms with Crippen LogP contribution in [0.2, 0.25) is 0 Å². The van der Waals surface area contributed by atoms with Gasteiger partial charge in [-0.05, 0) is 18.6 Å². The van der Waals surface area contributed by atoms with Crippen molar-refractivity contribution in [2.24, 2.45) is 0 Å². The normalized spacial score (nSPS) is 9.81. The molecule has 0 radical (unpaired) electrons. The number of carboxylic acid groups (broad SMARTS) is 1. The molecule has 6 heteroatoms. The molecule has 0 saturated carbocycles. The van der Waals surface area contributed by atoms with E-state index in [1.165, 1.54) is 18.2 Å². The summed E-state index contributed by atoms with van der Waals surface area (Å²) in [5, 5.41) is 22.4. The van der Waals surface area contributed by atoms with E-state index in [9.17, 15) is 14.9 Å². The minimum absolute atomic E-state index is 0.299.